The van der Waals surface area contributed by atoms with Gasteiger partial charge in [-0.15, -0.1) is 0 Å². The molecule has 18 heavy (non-hydrogen) atoms. The SMILES string of the molecule is O=C(O)C[C@H](NC(=O)C1CCS(=O)(=O)C1)C(=O)O. The van der Waals surface area contributed by atoms with Gasteiger partial charge in [-0.05, 0) is 6.42 Å². The Morgan fingerprint density at radius 2 is 1.89 bits per heavy atom. The molecule has 9 heteroatoms. The van der Waals surface area contributed by atoms with Gasteiger partial charge in [-0.2, -0.15) is 0 Å². The topological polar surface area (TPSA) is 138 Å². The minimum absolute atomic E-state index is 0.109. The number of hydrogen-bond donors (Lipinski definition) is 3. The number of amides is 1. The van der Waals surface area contributed by atoms with Gasteiger partial charge in [0.1, 0.15) is 6.04 Å². The summed E-state index contributed by atoms with van der Waals surface area (Å²) in [5.41, 5.74) is 0. The molecule has 0 aromatic rings. The van der Waals surface area contributed by atoms with Gasteiger partial charge in [0, 0.05) is 0 Å². The molecule has 0 bridgehead atoms. The molecule has 2 atom stereocenters. The molecule has 1 amide bonds. The van der Waals surface area contributed by atoms with E-state index in [2.05, 4.69) is 0 Å². The summed E-state index contributed by atoms with van der Waals surface area (Å²) in [5.74, 6) is -4.79. The fraction of sp³-hybridized carbons (Fsp3) is 0.667. The quantitative estimate of drug-likeness (QED) is 0.554. The van der Waals surface area contributed by atoms with Crippen LogP contribution in [0.15, 0.2) is 0 Å². The second-order valence-corrected chi connectivity index (χ2v) is 6.33. The molecule has 8 nitrogen and oxygen atoms in total. The van der Waals surface area contributed by atoms with Crippen LogP contribution in [0.1, 0.15) is 12.8 Å². The number of carbonyl (C=O) groups excluding carboxylic acids is 1. The van der Waals surface area contributed by atoms with Crippen LogP contribution in [-0.4, -0.2) is 54.0 Å². The monoisotopic (exact) mass is 279 g/mol. The molecule has 3 N–H and O–H groups in total. The summed E-state index contributed by atoms with van der Waals surface area (Å²) in [6.07, 6.45) is -0.617. The van der Waals surface area contributed by atoms with Gasteiger partial charge >= 0.3 is 11.9 Å². The van der Waals surface area contributed by atoms with Crippen molar-refractivity contribution in [3.8, 4) is 0 Å². The van der Waals surface area contributed by atoms with Gasteiger partial charge in [0.25, 0.3) is 0 Å². The average molecular weight is 279 g/mol. The molecule has 0 spiro atoms. The van der Waals surface area contributed by atoms with Crippen molar-refractivity contribution in [2.45, 2.75) is 18.9 Å². The van der Waals surface area contributed by atoms with Gasteiger partial charge < -0.3 is 15.5 Å². The van der Waals surface area contributed by atoms with Crippen molar-refractivity contribution in [3.63, 3.8) is 0 Å². The molecule has 0 aromatic heterocycles. The predicted octanol–water partition coefficient (Wildman–Crippen LogP) is -1.53. The number of hydrogen-bond acceptors (Lipinski definition) is 5. The average Bonchev–Trinajstić information content (AvgIpc) is 2.57. The molecular formula is C9H13NO7S. The lowest BCUT2D eigenvalue weighted by Gasteiger charge is -2.14. The number of rotatable bonds is 5. The van der Waals surface area contributed by atoms with Crippen LogP contribution in [0.3, 0.4) is 0 Å². The largest absolute Gasteiger partial charge is 0.481 e. The van der Waals surface area contributed by atoms with Crippen LogP contribution in [0, 0.1) is 5.92 Å². The minimum Gasteiger partial charge on any atom is -0.481 e. The predicted molar refractivity (Wildman–Crippen MR) is 58.6 cm³/mol. The third-order valence-corrected chi connectivity index (χ3v) is 4.36. The van der Waals surface area contributed by atoms with Gasteiger partial charge in [-0.1, -0.05) is 0 Å². The van der Waals surface area contributed by atoms with Crippen molar-refractivity contribution >= 4 is 27.7 Å². The maximum atomic E-state index is 11.6. The highest BCUT2D eigenvalue weighted by Crippen LogP contribution is 2.18. The van der Waals surface area contributed by atoms with Crippen molar-refractivity contribution < 1.29 is 33.0 Å². The molecule has 0 saturated carbocycles. The number of nitrogens with one attached hydrogen (secondary N) is 1. The van der Waals surface area contributed by atoms with Crippen LogP contribution >= 0.6 is 0 Å². The highest BCUT2D eigenvalue weighted by atomic mass is 32.2. The third-order valence-electron chi connectivity index (χ3n) is 2.60. The summed E-state index contributed by atoms with van der Waals surface area (Å²) in [5, 5.41) is 19.2. The van der Waals surface area contributed by atoms with E-state index in [-0.39, 0.29) is 17.9 Å². The van der Waals surface area contributed by atoms with Crippen LogP contribution in [-0.2, 0) is 24.2 Å². The first-order valence-corrected chi connectivity index (χ1v) is 6.99. The van der Waals surface area contributed by atoms with Crippen molar-refractivity contribution in [1.29, 1.82) is 0 Å². The summed E-state index contributed by atoms with van der Waals surface area (Å²) in [6, 6.07) is -1.54. The van der Waals surface area contributed by atoms with Gasteiger partial charge in [0.2, 0.25) is 5.91 Å². The summed E-state index contributed by atoms with van der Waals surface area (Å²) >= 11 is 0. The van der Waals surface area contributed by atoms with E-state index in [0.29, 0.717) is 0 Å². The molecule has 0 aromatic carbocycles. The zero-order valence-electron chi connectivity index (χ0n) is 9.33. The van der Waals surface area contributed by atoms with E-state index in [1.54, 1.807) is 0 Å². The lowest BCUT2D eigenvalue weighted by molar-refractivity contribution is -0.147. The van der Waals surface area contributed by atoms with E-state index >= 15 is 0 Å². The molecule has 102 valence electrons. The smallest absolute Gasteiger partial charge is 0.326 e. The summed E-state index contributed by atoms with van der Waals surface area (Å²) in [7, 11) is -3.24. The fourth-order valence-corrected chi connectivity index (χ4v) is 3.41. The van der Waals surface area contributed by atoms with Gasteiger partial charge in [-0.25, -0.2) is 13.2 Å². The molecule has 1 heterocycles. The number of carboxylic acids is 2. The zero-order valence-corrected chi connectivity index (χ0v) is 10.1. The van der Waals surface area contributed by atoms with E-state index < -0.39 is 46.1 Å². The lowest BCUT2D eigenvalue weighted by atomic mass is 10.1. The molecule has 1 unspecified atom stereocenters. The van der Waals surface area contributed by atoms with E-state index in [1.165, 1.54) is 0 Å². The molecule has 1 aliphatic rings. The molecule has 1 aliphatic heterocycles. The molecular weight excluding hydrogens is 266 g/mol. The Morgan fingerprint density at radius 3 is 2.28 bits per heavy atom. The second-order valence-electron chi connectivity index (χ2n) is 4.10. The van der Waals surface area contributed by atoms with Crippen molar-refractivity contribution in [2.75, 3.05) is 11.5 Å². The van der Waals surface area contributed by atoms with Gasteiger partial charge in [-0.3, -0.25) is 9.59 Å². The Morgan fingerprint density at radius 1 is 1.28 bits per heavy atom. The van der Waals surface area contributed by atoms with E-state index in [9.17, 15) is 22.8 Å². The normalized spacial score (nSPS) is 23.2. The van der Waals surface area contributed by atoms with Gasteiger partial charge in [0.05, 0.1) is 23.8 Å². The Hall–Kier alpha value is -1.64. The van der Waals surface area contributed by atoms with E-state index in [4.69, 9.17) is 10.2 Å². The van der Waals surface area contributed by atoms with Crippen LogP contribution < -0.4 is 5.32 Å². The van der Waals surface area contributed by atoms with Crippen molar-refractivity contribution in [2.24, 2.45) is 5.92 Å². The first-order valence-electron chi connectivity index (χ1n) is 5.16. The first kappa shape index (κ1) is 14.4. The highest BCUT2D eigenvalue weighted by molar-refractivity contribution is 7.91. The van der Waals surface area contributed by atoms with E-state index in [1.807, 2.05) is 5.32 Å². The van der Waals surface area contributed by atoms with Crippen LogP contribution in [0.2, 0.25) is 0 Å². The highest BCUT2D eigenvalue weighted by Gasteiger charge is 2.35. The van der Waals surface area contributed by atoms with E-state index in [0.717, 1.165) is 0 Å². The Labute approximate surface area is 103 Å². The van der Waals surface area contributed by atoms with Crippen LogP contribution in [0.25, 0.3) is 0 Å². The number of carboxylic acid groups (broad SMARTS) is 2. The molecule has 1 rings (SSSR count). The molecule has 0 aliphatic carbocycles. The second kappa shape index (κ2) is 5.34. The maximum Gasteiger partial charge on any atom is 0.326 e. The third kappa shape index (κ3) is 3.99. The Kier molecular flexibility index (Phi) is 4.28. The standard InChI is InChI=1S/C9H13NO7S/c11-7(12)3-6(9(14)15)10-8(13)5-1-2-18(16,17)4-5/h5-6H,1-4H2,(H,10,13)(H,11,12)(H,14,15)/t5?,6-/m0/s1. The molecule has 1 saturated heterocycles. The van der Waals surface area contributed by atoms with Crippen molar-refractivity contribution in [3.05, 3.63) is 0 Å². The van der Waals surface area contributed by atoms with Gasteiger partial charge in [0.15, 0.2) is 9.84 Å². The van der Waals surface area contributed by atoms with Crippen LogP contribution in [0.4, 0.5) is 0 Å². The first-order chi connectivity index (χ1) is 8.21. The number of sulfone groups is 1. The fourth-order valence-electron chi connectivity index (χ4n) is 1.67. The summed E-state index contributed by atoms with van der Waals surface area (Å²) in [6.45, 7) is 0. The van der Waals surface area contributed by atoms with Crippen LogP contribution in [0.5, 0.6) is 0 Å². The Bertz CT molecular complexity index is 469. The molecule has 1 fully saturated rings. The number of carbonyl (C=O) groups is 3. The summed E-state index contributed by atoms with van der Waals surface area (Å²) in [4.78, 5) is 32.7. The number of aliphatic carboxylic acids is 2. The molecule has 0 radical (unpaired) electrons. The summed E-state index contributed by atoms with van der Waals surface area (Å²) < 4.78 is 22.3. The Balaban J connectivity index is 2.62. The minimum atomic E-state index is -3.24. The van der Waals surface area contributed by atoms with Crippen molar-refractivity contribution in [1.82, 2.24) is 5.32 Å². The lowest BCUT2D eigenvalue weighted by Crippen LogP contribution is -2.45. The zero-order chi connectivity index (χ0) is 13.9. The maximum absolute atomic E-state index is 11.6.